The molecular weight excluding hydrogens is 224 g/mol. The predicted molar refractivity (Wildman–Crippen MR) is 40.5 cm³/mol. The summed E-state index contributed by atoms with van der Waals surface area (Å²) in [7, 11) is -7.52. The maximum atomic E-state index is 10.5. The van der Waals surface area contributed by atoms with Crippen LogP contribution in [0.3, 0.4) is 0 Å². The third-order valence-corrected chi connectivity index (χ3v) is 2.62. The Kier molecular flexibility index (Phi) is 2.92. The molecule has 0 amide bonds. The van der Waals surface area contributed by atoms with Crippen molar-refractivity contribution >= 4 is 20.5 Å². The van der Waals surface area contributed by atoms with E-state index in [1.54, 1.807) is 0 Å². The zero-order chi connectivity index (χ0) is 10.1. The molecule has 0 bridgehead atoms. The second kappa shape index (κ2) is 3.50. The first-order valence-corrected chi connectivity index (χ1v) is 6.35. The van der Waals surface area contributed by atoms with E-state index in [-0.39, 0.29) is 13.2 Å². The van der Waals surface area contributed by atoms with E-state index in [2.05, 4.69) is 12.5 Å². The van der Waals surface area contributed by atoms with Gasteiger partial charge in [-0.15, -0.1) is 0 Å². The molecule has 0 spiro atoms. The molecule has 1 fully saturated rings. The van der Waals surface area contributed by atoms with Gasteiger partial charge in [-0.05, 0) is 0 Å². The molecule has 1 rings (SSSR count). The van der Waals surface area contributed by atoms with Gasteiger partial charge in [0.1, 0.15) is 6.10 Å². The van der Waals surface area contributed by atoms with Crippen LogP contribution in [0.4, 0.5) is 0 Å². The lowest BCUT2D eigenvalue weighted by Gasteiger charge is -2.03. The normalized spacial score (nSPS) is 27.6. The molecule has 0 unspecified atom stereocenters. The summed E-state index contributed by atoms with van der Waals surface area (Å²) in [5.74, 6) is 0. The Labute approximate surface area is 76.0 Å². The van der Waals surface area contributed by atoms with Gasteiger partial charge in [-0.25, -0.2) is 8.37 Å². The Bertz CT molecular complexity index is 365. The monoisotopic (exact) mass is 232 g/mol. The minimum absolute atomic E-state index is 0.224. The molecular formula is C4H8O7S2. The summed E-state index contributed by atoms with van der Waals surface area (Å²) in [6, 6.07) is 0. The highest BCUT2D eigenvalue weighted by Gasteiger charge is 2.30. The average molecular weight is 232 g/mol. The molecule has 1 aliphatic heterocycles. The van der Waals surface area contributed by atoms with Crippen LogP contribution in [0.15, 0.2) is 0 Å². The number of hydrogen-bond acceptors (Lipinski definition) is 7. The van der Waals surface area contributed by atoms with Gasteiger partial charge in [-0.1, -0.05) is 0 Å². The molecule has 0 aromatic carbocycles. The molecule has 1 heterocycles. The minimum atomic E-state index is -3.94. The van der Waals surface area contributed by atoms with E-state index in [1.165, 1.54) is 0 Å². The standard InChI is InChI=1S/C4H8O7S2/c1-12(5,6)9-2-4-3-10-13(7,8)11-4/h4H,2-3H2,1H3/t4-/m0/s1. The topological polar surface area (TPSA) is 96.0 Å². The Morgan fingerprint density at radius 3 is 2.54 bits per heavy atom. The highest BCUT2D eigenvalue weighted by molar-refractivity contribution is 7.86. The Hall–Kier alpha value is -0.220. The molecule has 7 nitrogen and oxygen atoms in total. The molecule has 0 aromatic heterocycles. The van der Waals surface area contributed by atoms with Crippen LogP contribution in [0.5, 0.6) is 0 Å². The van der Waals surface area contributed by atoms with Gasteiger partial charge >= 0.3 is 10.4 Å². The van der Waals surface area contributed by atoms with Crippen molar-refractivity contribution in [2.75, 3.05) is 19.5 Å². The number of hydrogen-bond donors (Lipinski definition) is 0. The van der Waals surface area contributed by atoms with Crippen molar-refractivity contribution in [3.8, 4) is 0 Å². The first kappa shape index (κ1) is 10.9. The highest BCUT2D eigenvalue weighted by Crippen LogP contribution is 2.13. The third-order valence-electron chi connectivity index (χ3n) is 1.12. The fourth-order valence-electron chi connectivity index (χ4n) is 0.657. The lowest BCUT2D eigenvalue weighted by atomic mass is 10.4. The molecule has 0 N–H and O–H groups in total. The van der Waals surface area contributed by atoms with Crippen molar-refractivity contribution in [1.29, 1.82) is 0 Å². The fourth-order valence-corrected chi connectivity index (χ4v) is 1.87. The van der Waals surface area contributed by atoms with Crippen LogP contribution in [0, 0.1) is 0 Å². The molecule has 13 heavy (non-hydrogen) atoms. The van der Waals surface area contributed by atoms with Gasteiger partial charge in [0.25, 0.3) is 10.1 Å². The van der Waals surface area contributed by atoms with Crippen LogP contribution in [-0.2, 0) is 33.1 Å². The first-order valence-electron chi connectivity index (χ1n) is 3.20. The fraction of sp³-hybridized carbons (Fsp3) is 1.00. The van der Waals surface area contributed by atoms with Gasteiger partial charge in [0.15, 0.2) is 0 Å². The molecule has 0 radical (unpaired) electrons. The molecule has 0 saturated carbocycles. The van der Waals surface area contributed by atoms with E-state index < -0.39 is 26.6 Å². The van der Waals surface area contributed by atoms with Gasteiger partial charge in [-0.3, -0.25) is 4.18 Å². The summed E-state index contributed by atoms with van der Waals surface area (Å²) < 4.78 is 54.8. The molecule has 1 atom stereocenters. The SMILES string of the molecule is CS(=O)(=O)OC[C@H]1COS(=O)(=O)O1. The molecule has 1 saturated heterocycles. The molecule has 78 valence electrons. The smallest absolute Gasteiger partial charge is 0.267 e. The average Bonchev–Trinajstić information content (AvgIpc) is 2.24. The van der Waals surface area contributed by atoms with Gasteiger partial charge in [0.2, 0.25) is 0 Å². The van der Waals surface area contributed by atoms with Crippen LogP contribution in [0.25, 0.3) is 0 Å². The summed E-state index contributed by atoms with van der Waals surface area (Å²) >= 11 is 0. The van der Waals surface area contributed by atoms with Gasteiger partial charge in [0, 0.05) is 0 Å². The zero-order valence-corrected chi connectivity index (χ0v) is 8.30. The van der Waals surface area contributed by atoms with E-state index in [0.717, 1.165) is 6.26 Å². The largest absolute Gasteiger partial charge is 0.400 e. The van der Waals surface area contributed by atoms with E-state index >= 15 is 0 Å². The van der Waals surface area contributed by atoms with Gasteiger partial charge in [0.05, 0.1) is 19.5 Å². The van der Waals surface area contributed by atoms with Crippen molar-refractivity contribution in [2.45, 2.75) is 6.10 Å². The van der Waals surface area contributed by atoms with E-state index in [4.69, 9.17) is 0 Å². The van der Waals surface area contributed by atoms with Crippen LogP contribution in [-0.4, -0.2) is 42.4 Å². The van der Waals surface area contributed by atoms with Crippen LogP contribution in [0.1, 0.15) is 0 Å². The Morgan fingerprint density at radius 1 is 1.54 bits per heavy atom. The lowest BCUT2D eigenvalue weighted by molar-refractivity contribution is 0.154. The van der Waals surface area contributed by atoms with Crippen LogP contribution < -0.4 is 0 Å². The van der Waals surface area contributed by atoms with E-state index in [9.17, 15) is 16.8 Å². The van der Waals surface area contributed by atoms with Gasteiger partial charge < -0.3 is 0 Å². The third kappa shape index (κ3) is 4.00. The highest BCUT2D eigenvalue weighted by atomic mass is 32.3. The van der Waals surface area contributed by atoms with Crippen LogP contribution in [0.2, 0.25) is 0 Å². The number of rotatable bonds is 3. The minimum Gasteiger partial charge on any atom is -0.267 e. The summed E-state index contributed by atoms with van der Waals surface area (Å²) in [5.41, 5.74) is 0. The molecule has 1 aliphatic rings. The molecule has 9 heteroatoms. The predicted octanol–water partition coefficient (Wildman–Crippen LogP) is -1.38. The maximum Gasteiger partial charge on any atom is 0.400 e. The second-order valence-electron chi connectivity index (χ2n) is 2.40. The quantitative estimate of drug-likeness (QED) is 0.553. The van der Waals surface area contributed by atoms with Crippen molar-refractivity contribution < 1.29 is 29.4 Å². The van der Waals surface area contributed by atoms with Crippen molar-refractivity contribution in [2.24, 2.45) is 0 Å². The Morgan fingerprint density at radius 2 is 2.15 bits per heavy atom. The van der Waals surface area contributed by atoms with Crippen molar-refractivity contribution in [3.05, 3.63) is 0 Å². The molecule has 0 aliphatic carbocycles. The van der Waals surface area contributed by atoms with Crippen molar-refractivity contribution in [3.63, 3.8) is 0 Å². The summed E-state index contributed by atoms with van der Waals surface area (Å²) in [5, 5.41) is 0. The maximum absolute atomic E-state index is 10.5. The van der Waals surface area contributed by atoms with E-state index in [0.29, 0.717) is 0 Å². The van der Waals surface area contributed by atoms with Crippen LogP contribution >= 0.6 is 0 Å². The van der Waals surface area contributed by atoms with Gasteiger partial charge in [-0.2, -0.15) is 16.8 Å². The zero-order valence-electron chi connectivity index (χ0n) is 6.67. The summed E-state index contributed by atoms with van der Waals surface area (Å²) in [4.78, 5) is 0. The van der Waals surface area contributed by atoms with Crippen molar-refractivity contribution in [1.82, 2.24) is 0 Å². The Balaban J connectivity index is 2.42. The van der Waals surface area contributed by atoms with E-state index in [1.807, 2.05) is 0 Å². The second-order valence-corrected chi connectivity index (χ2v) is 5.29. The summed E-state index contributed by atoms with van der Waals surface area (Å²) in [6.07, 6.45) is -0.0307. The first-order chi connectivity index (χ1) is 5.79. The summed E-state index contributed by atoms with van der Waals surface area (Å²) in [6.45, 7) is -0.587. The lowest BCUT2D eigenvalue weighted by Crippen LogP contribution is -2.20. The molecule has 0 aromatic rings.